The van der Waals surface area contributed by atoms with E-state index in [1.807, 2.05) is 18.3 Å². The van der Waals surface area contributed by atoms with Crippen molar-refractivity contribution in [3.05, 3.63) is 24.0 Å². The molecular weight excluding hydrogens is 214 g/mol. The summed E-state index contributed by atoms with van der Waals surface area (Å²) >= 11 is 0. The first-order valence-corrected chi connectivity index (χ1v) is 6.35. The molecule has 1 amide bonds. The lowest BCUT2D eigenvalue weighted by Gasteiger charge is -2.16. The summed E-state index contributed by atoms with van der Waals surface area (Å²) in [6, 6.07) is 4.22. The predicted octanol–water partition coefficient (Wildman–Crippen LogP) is 1.57. The first kappa shape index (κ1) is 10.6. The van der Waals surface area contributed by atoms with Crippen molar-refractivity contribution in [2.24, 2.45) is 0 Å². The summed E-state index contributed by atoms with van der Waals surface area (Å²) in [6.45, 7) is 2.21. The molecule has 0 bridgehead atoms. The van der Waals surface area contributed by atoms with Crippen LogP contribution in [-0.4, -0.2) is 30.0 Å². The van der Waals surface area contributed by atoms with E-state index in [0.29, 0.717) is 11.7 Å². The summed E-state index contributed by atoms with van der Waals surface area (Å²) in [5, 5.41) is 2.94. The molecule has 2 aliphatic rings. The standard InChI is InChI=1S/C13H17N3O/c17-13(15-10-3-4-10)12-6-5-11(9-14-12)16-7-1-2-8-16/h5-6,9-10H,1-4,7-8H2,(H,15,17). The lowest BCUT2D eigenvalue weighted by Crippen LogP contribution is -2.26. The molecule has 3 rings (SSSR count). The van der Waals surface area contributed by atoms with Crippen LogP contribution in [0, 0.1) is 0 Å². The number of hydrogen-bond donors (Lipinski definition) is 1. The molecule has 1 saturated carbocycles. The molecule has 1 aliphatic heterocycles. The minimum absolute atomic E-state index is 0.0412. The SMILES string of the molecule is O=C(NC1CC1)c1ccc(N2CCCC2)cn1. The van der Waals surface area contributed by atoms with Gasteiger partial charge in [0.05, 0.1) is 11.9 Å². The number of aromatic nitrogens is 1. The fourth-order valence-corrected chi connectivity index (χ4v) is 2.17. The second kappa shape index (κ2) is 4.35. The molecule has 1 aromatic heterocycles. The maximum atomic E-state index is 11.7. The highest BCUT2D eigenvalue weighted by molar-refractivity contribution is 5.92. The van der Waals surface area contributed by atoms with Crippen molar-refractivity contribution in [2.75, 3.05) is 18.0 Å². The monoisotopic (exact) mass is 231 g/mol. The van der Waals surface area contributed by atoms with Crippen molar-refractivity contribution in [1.29, 1.82) is 0 Å². The number of carbonyl (C=O) groups excluding carboxylic acids is 1. The van der Waals surface area contributed by atoms with Gasteiger partial charge in [0.25, 0.3) is 5.91 Å². The van der Waals surface area contributed by atoms with Crippen LogP contribution in [0.15, 0.2) is 18.3 Å². The molecule has 4 heteroatoms. The van der Waals surface area contributed by atoms with Gasteiger partial charge in [-0.2, -0.15) is 0 Å². The van der Waals surface area contributed by atoms with Gasteiger partial charge < -0.3 is 10.2 Å². The Kier molecular flexibility index (Phi) is 2.71. The molecule has 1 N–H and O–H groups in total. The number of nitrogens with zero attached hydrogens (tertiary/aromatic N) is 2. The normalized spacial score (nSPS) is 19.4. The van der Waals surface area contributed by atoms with E-state index in [-0.39, 0.29) is 5.91 Å². The molecule has 17 heavy (non-hydrogen) atoms. The topological polar surface area (TPSA) is 45.2 Å². The van der Waals surface area contributed by atoms with Gasteiger partial charge in [-0.15, -0.1) is 0 Å². The number of carbonyl (C=O) groups is 1. The zero-order valence-electron chi connectivity index (χ0n) is 9.85. The van der Waals surface area contributed by atoms with E-state index in [9.17, 15) is 4.79 Å². The molecule has 2 fully saturated rings. The van der Waals surface area contributed by atoms with Crippen molar-refractivity contribution >= 4 is 11.6 Å². The van der Waals surface area contributed by atoms with Gasteiger partial charge in [-0.25, -0.2) is 4.98 Å². The summed E-state index contributed by atoms with van der Waals surface area (Å²) in [7, 11) is 0. The average molecular weight is 231 g/mol. The minimum Gasteiger partial charge on any atom is -0.370 e. The molecule has 1 aromatic rings. The van der Waals surface area contributed by atoms with Crippen molar-refractivity contribution in [3.8, 4) is 0 Å². The van der Waals surface area contributed by atoms with E-state index in [1.54, 1.807) is 0 Å². The van der Waals surface area contributed by atoms with Crippen LogP contribution in [-0.2, 0) is 0 Å². The van der Waals surface area contributed by atoms with Crippen LogP contribution in [0.3, 0.4) is 0 Å². The highest BCUT2D eigenvalue weighted by Crippen LogP contribution is 2.21. The van der Waals surface area contributed by atoms with Gasteiger partial charge in [0.2, 0.25) is 0 Å². The van der Waals surface area contributed by atoms with E-state index in [4.69, 9.17) is 0 Å². The molecule has 1 aliphatic carbocycles. The average Bonchev–Trinajstić information content (AvgIpc) is 3.00. The van der Waals surface area contributed by atoms with Gasteiger partial charge in [0, 0.05) is 19.1 Å². The van der Waals surface area contributed by atoms with Crippen LogP contribution in [0.25, 0.3) is 0 Å². The summed E-state index contributed by atoms with van der Waals surface area (Å²) in [6.07, 6.45) is 6.54. The smallest absolute Gasteiger partial charge is 0.270 e. The Balaban J connectivity index is 1.67. The van der Waals surface area contributed by atoms with Crippen molar-refractivity contribution in [1.82, 2.24) is 10.3 Å². The molecule has 4 nitrogen and oxygen atoms in total. The van der Waals surface area contributed by atoms with Gasteiger partial charge in [-0.3, -0.25) is 4.79 Å². The van der Waals surface area contributed by atoms with E-state index in [1.165, 1.54) is 12.8 Å². The quantitative estimate of drug-likeness (QED) is 0.859. The predicted molar refractivity (Wildman–Crippen MR) is 66.2 cm³/mol. The molecule has 90 valence electrons. The molecule has 0 radical (unpaired) electrons. The van der Waals surface area contributed by atoms with Gasteiger partial charge in [0.1, 0.15) is 5.69 Å². The molecule has 0 spiro atoms. The molecule has 0 unspecified atom stereocenters. The van der Waals surface area contributed by atoms with Crippen LogP contribution in [0.4, 0.5) is 5.69 Å². The molecule has 1 saturated heterocycles. The van der Waals surface area contributed by atoms with Crippen molar-refractivity contribution in [3.63, 3.8) is 0 Å². The second-order valence-electron chi connectivity index (χ2n) is 4.84. The van der Waals surface area contributed by atoms with Gasteiger partial charge in [0.15, 0.2) is 0 Å². The van der Waals surface area contributed by atoms with Gasteiger partial charge in [-0.05, 0) is 37.8 Å². The second-order valence-corrected chi connectivity index (χ2v) is 4.84. The maximum Gasteiger partial charge on any atom is 0.270 e. The summed E-state index contributed by atoms with van der Waals surface area (Å²) in [5.74, 6) is -0.0412. The minimum atomic E-state index is -0.0412. The van der Waals surface area contributed by atoms with E-state index in [0.717, 1.165) is 31.6 Å². The lowest BCUT2D eigenvalue weighted by atomic mass is 10.3. The van der Waals surface area contributed by atoms with Gasteiger partial charge in [-0.1, -0.05) is 0 Å². The molecule has 0 aromatic carbocycles. The Bertz CT molecular complexity index is 405. The summed E-state index contributed by atoms with van der Waals surface area (Å²) < 4.78 is 0. The molecular formula is C13H17N3O. The first-order chi connectivity index (χ1) is 8.33. The fourth-order valence-electron chi connectivity index (χ4n) is 2.17. The fraction of sp³-hybridized carbons (Fsp3) is 0.538. The molecule has 2 heterocycles. The Morgan fingerprint density at radius 1 is 1.29 bits per heavy atom. The highest BCUT2D eigenvalue weighted by atomic mass is 16.2. The Labute approximate surface area is 101 Å². The van der Waals surface area contributed by atoms with Crippen molar-refractivity contribution in [2.45, 2.75) is 31.7 Å². The largest absolute Gasteiger partial charge is 0.370 e. The highest BCUT2D eigenvalue weighted by Gasteiger charge is 2.24. The lowest BCUT2D eigenvalue weighted by molar-refractivity contribution is 0.0946. The summed E-state index contributed by atoms with van der Waals surface area (Å²) in [4.78, 5) is 18.3. The van der Waals surface area contributed by atoms with E-state index < -0.39 is 0 Å². The number of hydrogen-bond acceptors (Lipinski definition) is 3. The number of pyridine rings is 1. The third-order valence-electron chi connectivity index (χ3n) is 3.36. The van der Waals surface area contributed by atoms with Crippen LogP contribution >= 0.6 is 0 Å². The Hall–Kier alpha value is -1.58. The Morgan fingerprint density at radius 3 is 2.65 bits per heavy atom. The van der Waals surface area contributed by atoms with Crippen LogP contribution in [0.5, 0.6) is 0 Å². The zero-order valence-corrected chi connectivity index (χ0v) is 9.85. The zero-order chi connectivity index (χ0) is 11.7. The number of anilines is 1. The van der Waals surface area contributed by atoms with E-state index in [2.05, 4.69) is 15.2 Å². The number of rotatable bonds is 3. The summed E-state index contributed by atoms with van der Waals surface area (Å²) in [5.41, 5.74) is 1.66. The third-order valence-corrected chi connectivity index (χ3v) is 3.36. The Morgan fingerprint density at radius 2 is 2.06 bits per heavy atom. The number of amides is 1. The first-order valence-electron chi connectivity index (χ1n) is 6.35. The third kappa shape index (κ3) is 2.40. The van der Waals surface area contributed by atoms with Gasteiger partial charge >= 0.3 is 0 Å². The van der Waals surface area contributed by atoms with E-state index >= 15 is 0 Å². The van der Waals surface area contributed by atoms with Crippen LogP contribution in [0.1, 0.15) is 36.2 Å². The van der Waals surface area contributed by atoms with Crippen LogP contribution < -0.4 is 10.2 Å². The molecule has 0 atom stereocenters. The van der Waals surface area contributed by atoms with Crippen molar-refractivity contribution < 1.29 is 4.79 Å². The number of nitrogens with one attached hydrogen (secondary N) is 1. The maximum absolute atomic E-state index is 11.7. The van der Waals surface area contributed by atoms with Crippen LogP contribution in [0.2, 0.25) is 0 Å².